The number of para-hydroxylation sites is 1. The van der Waals surface area contributed by atoms with Crippen LogP contribution < -0.4 is 0 Å². The minimum atomic E-state index is -0.329. The van der Waals surface area contributed by atoms with Gasteiger partial charge >= 0.3 is 5.97 Å². The van der Waals surface area contributed by atoms with Crippen LogP contribution >= 0.6 is 0 Å². The molecule has 0 aliphatic carbocycles. The molecule has 5 nitrogen and oxygen atoms in total. The van der Waals surface area contributed by atoms with E-state index in [0.29, 0.717) is 12.2 Å². The Morgan fingerprint density at radius 3 is 2.59 bits per heavy atom. The molecule has 1 aromatic heterocycles. The Hall–Kier alpha value is -2.43. The van der Waals surface area contributed by atoms with E-state index in [-0.39, 0.29) is 24.3 Å². The lowest BCUT2D eigenvalue weighted by Gasteiger charge is -2.26. The van der Waals surface area contributed by atoms with Crippen LogP contribution in [0.25, 0.3) is 10.9 Å². The van der Waals surface area contributed by atoms with Crippen molar-refractivity contribution in [2.45, 2.75) is 26.3 Å². The molecule has 0 spiro atoms. The van der Waals surface area contributed by atoms with Crippen LogP contribution in [0.3, 0.4) is 0 Å². The summed E-state index contributed by atoms with van der Waals surface area (Å²) in [6, 6.07) is 11.2. The average Bonchev–Trinajstić information content (AvgIpc) is 2.53. The number of pyridine rings is 1. The molecule has 0 N–H and O–H groups in total. The van der Waals surface area contributed by atoms with Gasteiger partial charge in [-0.1, -0.05) is 24.3 Å². The first-order valence-corrected chi connectivity index (χ1v) is 7.26. The lowest BCUT2D eigenvalue weighted by Crippen LogP contribution is -2.39. The van der Waals surface area contributed by atoms with Crippen molar-refractivity contribution in [3.8, 4) is 0 Å². The summed E-state index contributed by atoms with van der Waals surface area (Å²) in [7, 11) is 1.34. The first kappa shape index (κ1) is 15.9. The molecule has 0 aliphatic rings. The summed E-state index contributed by atoms with van der Waals surface area (Å²) >= 11 is 0. The monoisotopic (exact) mass is 300 g/mol. The van der Waals surface area contributed by atoms with E-state index < -0.39 is 0 Å². The van der Waals surface area contributed by atoms with Gasteiger partial charge in [0, 0.05) is 18.0 Å². The maximum atomic E-state index is 12.6. The van der Waals surface area contributed by atoms with Gasteiger partial charge in [-0.25, -0.2) is 4.98 Å². The van der Waals surface area contributed by atoms with Gasteiger partial charge in [0.05, 0.1) is 19.0 Å². The Kier molecular flexibility index (Phi) is 5.09. The molecule has 1 amide bonds. The standard InChI is InChI=1S/C17H20N2O3/c1-12(2)19(11-10-16(20)22-3)17(21)15-9-8-13-6-4-5-7-14(13)18-15/h4-9,12H,10-11H2,1-3H3. The molecule has 5 heteroatoms. The summed E-state index contributed by atoms with van der Waals surface area (Å²) in [5.74, 6) is -0.505. The van der Waals surface area contributed by atoms with Crippen LogP contribution in [0.1, 0.15) is 30.8 Å². The van der Waals surface area contributed by atoms with Crippen LogP contribution in [0.4, 0.5) is 0 Å². The number of hydrogen-bond donors (Lipinski definition) is 0. The first-order chi connectivity index (χ1) is 10.5. The molecule has 0 unspecified atom stereocenters. The van der Waals surface area contributed by atoms with E-state index in [1.54, 1.807) is 11.0 Å². The van der Waals surface area contributed by atoms with Gasteiger partial charge in [-0.15, -0.1) is 0 Å². The number of carbonyl (C=O) groups excluding carboxylic acids is 2. The highest BCUT2D eigenvalue weighted by atomic mass is 16.5. The Balaban J connectivity index is 2.22. The fourth-order valence-electron chi connectivity index (χ4n) is 2.24. The summed E-state index contributed by atoms with van der Waals surface area (Å²) in [4.78, 5) is 30.0. The molecular weight excluding hydrogens is 280 g/mol. The van der Waals surface area contributed by atoms with Crippen LogP contribution in [0, 0.1) is 0 Å². The van der Waals surface area contributed by atoms with E-state index in [0.717, 1.165) is 10.9 Å². The van der Waals surface area contributed by atoms with Gasteiger partial charge in [-0.3, -0.25) is 9.59 Å². The Labute approximate surface area is 129 Å². The number of aromatic nitrogens is 1. The molecule has 0 saturated heterocycles. The topological polar surface area (TPSA) is 59.5 Å². The predicted molar refractivity (Wildman–Crippen MR) is 84.5 cm³/mol. The highest BCUT2D eigenvalue weighted by molar-refractivity contribution is 5.95. The Bertz CT molecular complexity index is 682. The van der Waals surface area contributed by atoms with Crippen molar-refractivity contribution in [1.29, 1.82) is 0 Å². The van der Waals surface area contributed by atoms with E-state index in [4.69, 9.17) is 0 Å². The number of ether oxygens (including phenoxy) is 1. The number of carbonyl (C=O) groups is 2. The maximum absolute atomic E-state index is 12.6. The molecule has 1 aromatic carbocycles. The molecular formula is C17H20N2O3. The third-order valence-corrected chi connectivity index (χ3v) is 3.49. The van der Waals surface area contributed by atoms with Gasteiger partial charge in [0.25, 0.3) is 5.91 Å². The van der Waals surface area contributed by atoms with Gasteiger partial charge in [-0.2, -0.15) is 0 Å². The van der Waals surface area contributed by atoms with Crippen LogP contribution in [-0.4, -0.2) is 41.5 Å². The molecule has 1 heterocycles. The van der Waals surface area contributed by atoms with Gasteiger partial charge < -0.3 is 9.64 Å². The molecule has 0 aliphatic heterocycles. The summed E-state index contributed by atoms with van der Waals surface area (Å²) < 4.78 is 4.63. The molecule has 2 rings (SSSR count). The quantitative estimate of drug-likeness (QED) is 0.797. The number of fused-ring (bicyclic) bond motifs is 1. The van der Waals surface area contributed by atoms with Crippen molar-refractivity contribution < 1.29 is 14.3 Å². The SMILES string of the molecule is COC(=O)CCN(C(=O)c1ccc2ccccc2n1)C(C)C. The van der Waals surface area contributed by atoms with Crippen LogP contribution in [0.5, 0.6) is 0 Å². The minimum Gasteiger partial charge on any atom is -0.469 e. The van der Waals surface area contributed by atoms with Crippen LogP contribution in [0.2, 0.25) is 0 Å². The van der Waals surface area contributed by atoms with E-state index in [1.807, 2.05) is 44.2 Å². The highest BCUT2D eigenvalue weighted by Crippen LogP contribution is 2.14. The van der Waals surface area contributed by atoms with Gasteiger partial charge in [0.2, 0.25) is 0 Å². The van der Waals surface area contributed by atoms with Gasteiger partial charge in [0.1, 0.15) is 5.69 Å². The van der Waals surface area contributed by atoms with E-state index in [1.165, 1.54) is 7.11 Å². The molecule has 0 radical (unpaired) electrons. The summed E-state index contributed by atoms with van der Waals surface area (Å²) in [5, 5.41) is 0.990. The number of esters is 1. The van der Waals surface area contributed by atoms with Crippen molar-refractivity contribution in [2.75, 3.05) is 13.7 Å². The number of methoxy groups -OCH3 is 1. The van der Waals surface area contributed by atoms with E-state index in [9.17, 15) is 9.59 Å². The average molecular weight is 300 g/mol. The van der Waals surface area contributed by atoms with Crippen LogP contribution in [-0.2, 0) is 9.53 Å². The Morgan fingerprint density at radius 1 is 1.18 bits per heavy atom. The Morgan fingerprint density at radius 2 is 1.91 bits per heavy atom. The zero-order valence-corrected chi connectivity index (χ0v) is 13.1. The number of rotatable bonds is 5. The minimum absolute atomic E-state index is 0.0228. The second-order valence-corrected chi connectivity index (χ2v) is 5.31. The summed E-state index contributed by atoms with van der Waals surface area (Å²) in [6.45, 7) is 4.14. The predicted octanol–water partition coefficient (Wildman–Crippen LogP) is 2.65. The van der Waals surface area contributed by atoms with E-state index in [2.05, 4.69) is 9.72 Å². The lowest BCUT2D eigenvalue weighted by molar-refractivity contribution is -0.140. The van der Waals surface area contributed by atoms with E-state index >= 15 is 0 Å². The van der Waals surface area contributed by atoms with Crippen LogP contribution in [0.15, 0.2) is 36.4 Å². The van der Waals surface area contributed by atoms with Gasteiger partial charge in [0.15, 0.2) is 0 Å². The largest absolute Gasteiger partial charge is 0.469 e. The molecule has 2 aromatic rings. The molecule has 0 bridgehead atoms. The molecule has 0 atom stereocenters. The van der Waals surface area contributed by atoms with Crippen molar-refractivity contribution in [3.05, 3.63) is 42.1 Å². The zero-order chi connectivity index (χ0) is 16.1. The number of amides is 1. The smallest absolute Gasteiger partial charge is 0.307 e. The third kappa shape index (κ3) is 3.61. The van der Waals surface area contributed by atoms with Gasteiger partial charge in [-0.05, 0) is 26.0 Å². The van der Waals surface area contributed by atoms with Crippen molar-refractivity contribution >= 4 is 22.8 Å². The molecule has 116 valence electrons. The van der Waals surface area contributed by atoms with Crippen molar-refractivity contribution in [2.24, 2.45) is 0 Å². The molecule has 22 heavy (non-hydrogen) atoms. The third-order valence-electron chi connectivity index (χ3n) is 3.49. The summed E-state index contributed by atoms with van der Waals surface area (Å²) in [6.07, 6.45) is 0.175. The number of nitrogens with zero attached hydrogens (tertiary/aromatic N) is 2. The highest BCUT2D eigenvalue weighted by Gasteiger charge is 2.21. The molecule has 0 fully saturated rings. The van der Waals surface area contributed by atoms with Crippen molar-refractivity contribution in [3.63, 3.8) is 0 Å². The molecule has 0 saturated carbocycles. The maximum Gasteiger partial charge on any atom is 0.307 e. The number of hydrogen-bond acceptors (Lipinski definition) is 4. The zero-order valence-electron chi connectivity index (χ0n) is 13.1. The van der Waals surface area contributed by atoms with Crippen molar-refractivity contribution in [1.82, 2.24) is 9.88 Å². The summed E-state index contributed by atoms with van der Waals surface area (Å²) in [5.41, 5.74) is 1.17. The lowest BCUT2D eigenvalue weighted by atomic mass is 10.2. The first-order valence-electron chi connectivity index (χ1n) is 7.26. The second-order valence-electron chi connectivity index (χ2n) is 5.31. The fourth-order valence-corrected chi connectivity index (χ4v) is 2.24. The normalized spacial score (nSPS) is 10.7. The number of benzene rings is 1. The fraction of sp³-hybridized carbons (Fsp3) is 0.353. The second kappa shape index (κ2) is 7.02.